The summed E-state index contributed by atoms with van der Waals surface area (Å²) in [5, 5.41) is 12.2. The van der Waals surface area contributed by atoms with Crippen LogP contribution in [0.15, 0.2) is 23.3 Å². The molecule has 0 aliphatic rings. The smallest absolute Gasteiger partial charge is 0.247 e. The van der Waals surface area contributed by atoms with Crippen LogP contribution in [0, 0.1) is 0 Å². The zero-order valence-electron chi connectivity index (χ0n) is 13.5. The molecule has 0 unspecified atom stereocenters. The summed E-state index contributed by atoms with van der Waals surface area (Å²) in [5.74, 6) is 1.06. The minimum atomic E-state index is -0.300. The van der Waals surface area contributed by atoms with Crippen LogP contribution in [0.5, 0.6) is 11.5 Å². The third-order valence-electron chi connectivity index (χ3n) is 2.78. The number of benzene rings is 1. The van der Waals surface area contributed by atoms with E-state index in [0.29, 0.717) is 29.1 Å². The first-order valence-corrected chi connectivity index (χ1v) is 8.23. The molecule has 24 heavy (non-hydrogen) atoms. The number of ether oxygens (including phenoxy) is 2. The van der Waals surface area contributed by atoms with Crippen molar-refractivity contribution in [2.45, 2.75) is 20.3 Å². The second kappa shape index (κ2) is 8.82. The maximum Gasteiger partial charge on any atom is 0.247 e. The van der Waals surface area contributed by atoms with E-state index in [4.69, 9.17) is 15.2 Å². The third kappa shape index (κ3) is 5.20. The van der Waals surface area contributed by atoms with Crippen LogP contribution < -0.4 is 20.6 Å². The molecule has 0 saturated heterocycles. The average molecular weight is 349 g/mol. The summed E-state index contributed by atoms with van der Waals surface area (Å²) in [4.78, 5) is 11.8. The predicted octanol–water partition coefficient (Wildman–Crippen LogP) is 1.61. The number of carbonyl (C=O) groups is 1. The summed E-state index contributed by atoms with van der Waals surface area (Å²) in [6.45, 7) is 4.90. The summed E-state index contributed by atoms with van der Waals surface area (Å²) in [5.41, 5.74) is 8.65. The van der Waals surface area contributed by atoms with Gasteiger partial charge in [0.25, 0.3) is 0 Å². The monoisotopic (exact) mass is 349 g/mol. The number of nitrogens with one attached hydrogen (secondary N) is 1. The summed E-state index contributed by atoms with van der Waals surface area (Å²) in [6.07, 6.45) is 1.60. The lowest BCUT2D eigenvalue weighted by molar-refractivity contribution is -0.120. The number of hydrogen-bond donors (Lipinski definition) is 2. The van der Waals surface area contributed by atoms with E-state index in [1.165, 1.54) is 17.6 Å². The molecule has 1 aromatic heterocycles. The Balaban J connectivity index is 1.98. The first-order valence-electron chi connectivity index (χ1n) is 7.41. The van der Waals surface area contributed by atoms with Gasteiger partial charge in [0.2, 0.25) is 11.0 Å². The van der Waals surface area contributed by atoms with E-state index in [9.17, 15) is 4.79 Å². The van der Waals surface area contributed by atoms with Crippen molar-refractivity contribution in [1.82, 2.24) is 15.6 Å². The minimum Gasteiger partial charge on any atom is -0.494 e. The molecule has 0 aliphatic carbocycles. The van der Waals surface area contributed by atoms with Crippen molar-refractivity contribution in [2.24, 2.45) is 5.10 Å². The zero-order valence-corrected chi connectivity index (χ0v) is 14.3. The van der Waals surface area contributed by atoms with Crippen LogP contribution in [0.25, 0.3) is 0 Å². The molecule has 8 nitrogen and oxygen atoms in total. The van der Waals surface area contributed by atoms with Gasteiger partial charge in [0.15, 0.2) is 0 Å². The molecule has 3 N–H and O–H groups in total. The van der Waals surface area contributed by atoms with E-state index in [2.05, 4.69) is 20.7 Å². The second-order valence-electron chi connectivity index (χ2n) is 4.57. The molecule has 2 aromatic rings. The van der Waals surface area contributed by atoms with E-state index in [0.717, 1.165) is 11.3 Å². The molecule has 1 heterocycles. The Morgan fingerprint density at radius 3 is 2.79 bits per heavy atom. The molecular formula is C15H19N5O3S. The maximum atomic E-state index is 11.8. The Hall–Kier alpha value is -2.68. The molecule has 128 valence electrons. The van der Waals surface area contributed by atoms with Crippen molar-refractivity contribution in [3.05, 3.63) is 28.8 Å². The predicted molar refractivity (Wildman–Crippen MR) is 92.5 cm³/mol. The van der Waals surface area contributed by atoms with Crippen molar-refractivity contribution in [3.8, 4) is 11.5 Å². The van der Waals surface area contributed by atoms with Gasteiger partial charge < -0.3 is 15.2 Å². The van der Waals surface area contributed by atoms with E-state index in [1.807, 2.05) is 26.0 Å². The van der Waals surface area contributed by atoms with Crippen LogP contribution in [0.1, 0.15) is 24.4 Å². The van der Waals surface area contributed by atoms with Crippen molar-refractivity contribution in [1.29, 1.82) is 0 Å². The highest BCUT2D eigenvalue weighted by Crippen LogP contribution is 2.23. The first kappa shape index (κ1) is 17.7. The second-order valence-corrected chi connectivity index (χ2v) is 5.66. The number of hydrazone groups is 1. The van der Waals surface area contributed by atoms with Gasteiger partial charge in [-0.1, -0.05) is 11.3 Å². The van der Waals surface area contributed by atoms with Crippen molar-refractivity contribution < 1.29 is 14.3 Å². The van der Waals surface area contributed by atoms with Crippen molar-refractivity contribution in [3.63, 3.8) is 0 Å². The lowest BCUT2D eigenvalue weighted by Gasteiger charge is -2.09. The number of hydrogen-bond acceptors (Lipinski definition) is 8. The Labute approximate surface area is 143 Å². The number of amides is 1. The molecule has 0 fully saturated rings. The molecule has 0 saturated carbocycles. The van der Waals surface area contributed by atoms with E-state index in [-0.39, 0.29) is 12.3 Å². The SMILES string of the molecule is CCOc1ccc(C=NNC(=O)Cc2nnc(N)s2)c(OCC)c1. The van der Waals surface area contributed by atoms with Gasteiger partial charge >= 0.3 is 0 Å². The average Bonchev–Trinajstić information content (AvgIpc) is 2.95. The molecule has 0 aliphatic heterocycles. The topological polar surface area (TPSA) is 112 Å². The fourth-order valence-corrected chi connectivity index (χ4v) is 2.45. The summed E-state index contributed by atoms with van der Waals surface area (Å²) >= 11 is 1.17. The molecule has 0 bridgehead atoms. The Kier molecular flexibility index (Phi) is 6.50. The lowest BCUT2D eigenvalue weighted by atomic mass is 10.2. The van der Waals surface area contributed by atoms with Crippen LogP contribution in [0.2, 0.25) is 0 Å². The number of nitrogens with two attached hydrogens (primary N) is 1. The number of nitrogen functional groups attached to an aromatic ring is 1. The van der Waals surface area contributed by atoms with Crippen LogP contribution in [0.4, 0.5) is 5.13 Å². The Bertz CT molecular complexity index is 717. The van der Waals surface area contributed by atoms with Gasteiger partial charge in [0.1, 0.15) is 16.5 Å². The van der Waals surface area contributed by atoms with E-state index >= 15 is 0 Å². The van der Waals surface area contributed by atoms with Gasteiger partial charge in [-0.15, -0.1) is 10.2 Å². The number of carbonyl (C=O) groups excluding carboxylic acids is 1. The normalized spacial score (nSPS) is 10.8. The van der Waals surface area contributed by atoms with Crippen molar-refractivity contribution >= 4 is 28.6 Å². The van der Waals surface area contributed by atoms with E-state index in [1.54, 1.807) is 6.07 Å². The van der Waals surface area contributed by atoms with Gasteiger partial charge in [-0.2, -0.15) is 5.10 Å². The molecule has 1 amide bonds. The Morgan fingerprint density at radius 2 is 2.12 bits per heavy atom. The third-order valence-corrected chi connectivity index (χ3v) is 3.54. The molecule has 0 radical (unpaired) electrons. The van der Waals surface area contributed by atoms with Gasteiger partial charge in [-0.3, -0.25) is 4.79 Å². The van der Waals surface area contributed by atoms with Crippen LogP contribution in [-0.2, 0) is 11.2 Å². The molecular weight excluding hydrogens is 330 g/mol. The fraction of sp³-hybridized carbons (Fsp3) is 0.333. The standard InChI is InChI=1S/C15H19N5O3S/c1-3-22-11-6-5-10(12(7-11)23-4-2)9-17-18-13(21)8-14-19-20-15(16)24-14/h5-7,9H,3-4,8H2,1-2H3,(H2,16,20)(H,18,21). The van der Waals surface area contributed by atoms with Crippen LogP contribution in [0.3, 0.4) is 0 Å². The fourth-order valence-electron chi connectivity index (χ4n) is 1.85. The molecule has 9 heteroatoms. The number of nitrogens with zero attached hydrogens (tertiary/aromatic N) is 3. The van der Waals surface area contributed by atoms with Gasteiger partial charge in [0, 0.05) is 11.6 Å². The van der Waals surface area contributed by atoms with Gasteiger partial charge in [-0.25, -0.2) is 5.43 Å². The largest absolute Gasteiger partial charge is 0.494 e. The molecule has 0 atom stereocenters. The number of rotatable bonds is 8. The van der Waals surface area contributed by atoms with Crippen LogP contribution >= 0.6 is 11.3 Å². The Morgan fingerprint density at radius 1 is 1.33 bits per heavy atom. The van der Waals surface area contributed by atoms with Gasteiger partial charge in [-0.05, 0) is 26.0 Å². The molecule has 1 aromatic carbocycles. The number of anilines is 1. The first-order chi connectivity index (χ1) is 11.6. The molecule has 2 rings (SSSR count). The highest BCUT2D eigenvalue weighted by atomic mass is 32.1. The zero-order chi connectivity index (χ0) is 17.4. The number of aromatic nitrogens is 2. The summed E-state index contributed by atoms with van der Waals surface area (Å²) < 4.78 is 11.0. The quantitative estimate of drug-likeness (QED) is 0.553. The maximum absolute atomic E-state index is 11.8. The highest BCUT2D eigenvalue weighted by molar-refractivity contribution is 7.15. The molecule has 0 spiro atoms. The lowest BCUT2D eigenvalue weighted by Crippen LogP contribution is -2.19. The van der Waals surface area contributed by atoms with Crippen molar-refractivity contribution in [2.75, 3.05) is 18.9 Å². The minimum absolute atomic E-state index is 0.0772. The van der Waals surface area contributed by atoms with E-state index < -0.39 is 0 Å². The van der Waals surface area contributed by atoms with Gasteiger partial charge in [0.05, 0.1) is 25.8 Å². The van der Waals surface area contributed by atoms with Crippen LogP contribution in [-0.4, -0.2) is 35.5 Å². The highest BCUT2D eigenvalue weighted by Gasteiger charge is 2.08. The summed E-state index contributed by atoms with van der Waals surface area (Å²) in [6, 6.07) is 5.43. The summed E-state index contributed by atoms with van der Waals surface area (Å²) in [7, 11) is 0.